The highest BCUT2D eigenvalue weighted by Gasteiger charge is 2.50. The number of ether oxygens (including phenoxy) is 3. The fraction of sp³-hybridized carbons (Fsp3) is 0.280. The SMILES string of the molecule is CCOc1cccc(-c2cccc(CC(=O)C3(c4ccc5c(c4)OCO5)CC3)n2)c1. The highest BCUT2D eigenvalue weighted by Crippen LogP contribution is 2.51. The molecule has 0 N–H and O–H groups in total. The van der Waals surface area contributed by atoms with Crippen LogP contribution in [0.25, 0.3) is 11.3 Å². The first kappa shape index (κ1) is 18.7. The maximum Gasteiger partial charge on any atom is 0.231 e. The average molecular weight is 401 g/mol. The van der Waals surface area contributed by atoms with E-state index in [1.54, 1.807) is 0 Å². The molecule has 0 radical (unpaired) electrons. The Hall–Kier alpha value is -3.34. The first-order valence-electron chi connectivity index (χ1n) is 10.3. The lowest BCUT2D eigenvalue weighted by Crippen LogP contribution is -2.23. The largest absolute Gasteiger partial charge is 0.494 e. The highest BCUT2D eigenvalue weighted by molar-refractivity contribution is 5.94. The predicted octanol–water partition coefficient (Wildman–Crippen LogP) is 4.72. The summed E-state index contributed by atoms with van der Waals surface area (Å²) in [5, 5.41) is 0. The maximum atomic E-state index is 13.3. The van der Waals surface area contributed by atoms with Crippen molar-refractivity contribution in [3.63, 3.8) is 0 Å². The van der Waals surface area contributed by atoms with Crippen LogP contribution < -0.4 is 14.2 Å². The molecule has 3 aromatic rings. The zero-order chi connectivity index (χ0) is 20.6. The number of carbonyl (C=O) groups is 1. The zero-order valence-corrected chi connectivity index (χ0v) is 16.9. The minimum absolute atomic E-state index is 0.203. The summed E-state index contributed by atoms with van der Waals surface area (Å²) in [5.41, 5.74) is 3.19. The standard InChI is InChI=1S/C25H23NO4/c1-2-28-20-7-3-5-17(13-20)21-8-4-6-19(26-21)15-24(27)25(11-12-25)18-9-10-22-23(14-18)30-16-29-22/h3-10,13-14H,2,11-12,15-16H2,1H3. The van der Waals surface area contributed by atoms with Crippen molar-refractivity contribution in [2.24, 2.45) is 0 Å². The Morgan fingerprint density at radius 3 is 2.70 bits per heavy atom. The minimum atomic E-state index is -0.423. The van der Waals surface area contributed by atoms with Crippen LogP contribution in [0.1, 0.15) is 31.0 Å². The molecule has 0 spiro atoms. The van der Waals surface area contributed by atoms with Gasteiger partial charge in [0.25, 0.3) is 0 Å². The van der Waals surface area contributed by atoms with E-state index in [0.717, 1.165) is 52.6 Å². The molecule has 0 amide bonds. The topological polar surface area (TPSA) is 57.7 Å². The summed E-state index contributed by atoms with van der Waals surface area (Å²) in [6.45, 7) is 2.82. The third-order valence-electron chi connectivity index (χ3n) is 5.80. The van der Waals surface area contributed by atoms with E-state index in [4.69, 9.17) is 19.2 Å². The lowest BCUT2D eigenvalue weighted by molar-refractivity contribution is -0.120. The van der Waals surface area contributed by atoms with E-state index in [0.29, 0.717) is 13.0 Å². The van der Waals surface area contributed by atoms with E-state index in [1.807, 2.05) is 67.6 Å². The molecule has 2 aromatic carbocycles. The van der Waals surface area contributed by atoms with Gasteiger partial charge in [-0.3, -0.25) is 9.78 Å². The molecule has 0 unspecified atom stereocenters. The van der Waals surface area contributed by atoms with Crippen molar-refractivity contribution in [3.8, 4) is 28.5 Å². The Bertz CT molecular complexity index is 1100. The van der Waals surface area contributed by atoms with Crippen LogP contribution in [-0.4, -0.2) is 24.2 Å². The van der Waals surface area contributed by atoms with Gasteiger partial charge >= 0.3 is 0 Å². The van der Waals surface area contributed by atoms with Gasteiger partial charge < -0.3 is 14.2 Å². The minimum Gasteiger partial charge on any atom is -0.494 e. The Labute approximate surface area is 175 Å². The van der Waals surface area contributed by atoms with Gasteiger partial charge in [-0.1, -0.05) is 24.3 Å². The average Bonchev–Trinajstić information content (AvgIpc) is 3.45. The molecule has 152 valence electrons. The van der Waals surface area contributed by atoms with Gasteiger partial charge in [-0.15, -0.1) is 0 Å². The number of fused-ring (bicyclic) bond motifs is 1. The molecule has 1 aliphatic heterocycles. The number of aromatic nitrogens is 1. The molecule has 1 saturated carbocycles. The van der Waals surface area contributed by atoms with Gasteiger partial charge in [-0.05, 0) is 61.7 Å². The Balaban J connectivity index is 1.37. The van der Waals surface area contributed by atoms with E-state index < -0.39 is 5.41 Å². The molecular weight excluding hydrogens is 378 g/mol. The van der Waals surface area contributed by atoms with Crippen molar-refractivity contribution < 1.29 is 19.0 Å². The number of rotatable bonds is 7. The molecule has 5 heteroatoms. The Kier molecular flexibility index (Phi) is 4.66. The molecule has 0 atom stereocenters. The number of ketones is 1. The van der Waals surface area contributed by atoms with Crippen LogP contribution in [0.15, 0.2) is 60.7 Å². The molecule has 1 aliphatic carbocycles. The summed E-state index contributed by atoms with van der Waals surface area (Å²) in [7, 11) is 0. The normalized spacial score (nSPS) is 15.6. The third kappa shape index (κ3) is 3.41. The van der Waals surface area contributed by atoms with Crippen LogP contribution in [0.4, 0.5) is 0 Å². The van der Waals surface area contributed by atoms with Crippen LogP contribution in [0.3, 0.4) is 0 Å². The number of pyridine rings is 1. The molecule has 5 nitrogen and oxygen atoms in total. The van der Waals surface area contributed by atoms with Gasteiger partial charge in [-0.25, -0.2) is 0 Å². The number of Topliss-reactive ketones (excluding diaryl/α,β-unsaturated/α-hetero) is 1. The van der Waals surface area contributed by atoms with Gasteiger partial charge in [0.15, 0.2) is 11.5 Å². The van der Waals surface area contributed by atoms with Crippen molar-refractivity contribution in [1.29, 1.82) is 0 Å². The zero-order valence-electron chi connectivity index (χ0n) is 16.9. The van der Waals surface area contributed by atoms with Crippen LogP contribution in [0.5, 0.6) is 17.2 Å². The number of benzene rings is 2. The second-order valence-electron chi connectivity index (χ2n) is 7.73. The summed E-state index contributed by atoms with van der Waals surface area (Å²) in [6.07, 6.45) is 2.04. The molecule has 0 saturated heterocycles. The van der Waals surface area contributed by atoms with E-state index in [1.165, 1.54) is 0 Å². The number of nitrogens with zero attached hydrogens (tertiary/aromatic N) is 1. The summed E-state index contributed by atoms with van der Waals surface area (Å²) in [5.74, 6) is 2.48. The molecule has 1 fully saturated rings. The highest BCUT2D eigenvalue weighted by atomic mass is 16.7. The molecule has 0 bridgehead atoms. The van der Waals surface area contributed by atoms with Gasteiger partial charge in [0.05, 0.1) is 17.7 Å². The van der Waals surface area contributed by atoms with Crippen LogP contribution in [0, 0.1) is 0 Å². The van der Waals surface area contributed by atoms with Gasteiger partial charge in [0.1, 0.15) is 11.5 Å². The lowest BCUT2D eigenvalue weighted by atomic mass is 9.88. The number of hydrogen-bond donors (Lipinski definition) is 0. The first-order valence-corrected chi connectivity index (χ1v) is 10.3. The van der Waals surface area contributed by atoms with Gasteiger partial charge in [0, 0.05) is 17.7 Å². The quantitative estimate of drug-likeness (QED) is 0.573. The van der Waals surface area contributed by atoms with Crippen LogP contribution in [-0.2, 0) is 16.6 Å². The van der Waals surface area contributed by atoms with Crippen LogP contribution >= 0.6 is 0 Å². The van der Waals surface area contributed by atoms with Gasteiger partial charge in [-0.2, -0.15) is 0 Å². The number of hydrogen-bond acceptors (Lipinski definition) is 5. The van der Waals surface area contributed by atoms with Crippen molar-refractivity contribution in [1.82, 2.24) is 4.98 Å². The van der Waals surface area contributed by atoms with Gasteiger partial charge in [0.2, 0.25) is 6.79 Å². The van der Waals surface area contributed by atoms with E-state index >= 15 is 0 Å². The van der Waals surface area contributed by atoms with Crippen LogP contribution in [0.2, 0.25) is 0 Å². The molecular formula is C25H23NO4. The second kappa shape index (κ2) is 7.48. The monoisotopic (exact) mass is 401 g/mol. The predicted molar refractivity (Wildman–Crippen MR) is 113 cm³/mol. The van der Waals surface area contributed by atoms with Crippen molar-refractivity contribution in [2.45, 2.75) is 31.6 Å². The molecule has 2 heterocycles. The maximum absolute atomic E-state index is 13.3. The summed E-state index contributed by atoms with van der Waals surface area (Å²) >= 11 is 0. The molecule has 1 aromatic heterocycles. The summed E-state index contributed by atoms with van der Waals surface area (Å²) < 4.78 is 16.5. The second-order valence-corrected chi connectivity index (χ2v) is 7.73. The van der Waals surface area contributed by atoms with Crippen molar-refractivity contribution in [2.75, 3.05) is 13.4 Å². The fourth-order valence-electron chi connectivity index (χ4n) is 4.03. The molecule has 5 rings (SSSR count). The number of carbonyl (C=O) groups excluding carboxylic acids is 1. The van der Waals surface area contributed by atoms with Crippen molar-refractivity contribution >= 4 is 5.78 Å². The van der Waals surface area contributed by atoms with E-state index in [9.17, 15) is 4.79 Å². The Morgan fingerprint density at radius 1 is 1.03 bits per heavy atom. The Morgan fingerprint density at radius 2 is 1.87 bits per heavy atom. The fourth-order valence-corrected chi connectivity index (χ4v) is 4.03. The molecule has 2 aliphatic rings. The summed E-state index contributed by atoms with van der Waals surface area (Å²) in [4.78, 5) is 18.0. The van der Waals surface area contributed by atoms with Crippen molar-refractivity contribution in [3.05, 3.63) is 71.9 Å². The summed E-state index contributed by atoms with van der Waals surface area (Å²) in [6, 6.07) is 19.6. The lowest BCUT2D eigenvalue weighted by Gasteiger charge is -2.15. The third-order valence-corrected chi connectivity index (χ3v) is 5.80. The first-order chi connectivity index (χ1) is 14.7. The smallest absolute Gasteiger partial charge is 0.231 e. The molecule has 30 heavy (non-hydrogen) atoms. The van der Waals surface area contributed by atoms with E-state index in [-0.39, 0.29) is 12.6 Å². The van der Waals surface area contributed by atoms with E-state index in [2.05, 4.69) is 0 Å².